The summed E-state index contributed by atoms with van der Waals surface area (Å²) in [6.45, 7) is 3.18. The van der Waals surface area contributed by atoms with Crippen molar-refractivity contribution < 1.29 is 19.1 Å². The van der Waals surface area contributed by atoms with E-state index in [-0.39, 0.29) is 17.4 Å². The number of carbonyl (C=O) groups is 2. The molecule has 1 aliphatic rings. The van der Waals surface area contributed by atoms with E-state index in [2.05, 4.69) is 22.2 Å². The molecule has 8 nitrogen and oxygen atoms in total. The number of piperidine rings is 1. The minimum atomic E-state index is -0.581. The monoisotopic (exact) mass is 524 g/mol. The second-order valence-electron chi connectivity index (χ2n) is 8.71. The Balaban J connectivity index is 0.000000208. The average molecular weight is 525 g/mol. The lowest BCUT2D eigenvalue weighted by Crippen LogP contribution is -2.43. The van der Waals surface area contributed by atoms with Crippen molar-refractivity contribution in [2.24, 2.45) is 5.73 Å². The van der Waals surface area contributed by atoms with Crippen LogP contribution in [0.2, 0.25) is 5.02 Å². The Morgan fingerprint density at radius 2 is 1.76 bits per heavy atom. The highest BCUT2D eigenvalue weighted by molar-refractivity contribution is 6.30. The molecule has 0 atom stereocenters. The Morgan fingerprint density at radius 3 is 2.43 bits per heavy atom. The Labute approximate surface area is 222 Å². The van der Waals surface area contributed by atoms with Crippen LogP contribution in [0.1, 0.15) is 35.2 Å². The van der Waals surface area contributed by atoms with Gasteiger partial charge >= 0.3 is 0 Å². The number of rotatable bonds is 9. The number of pyridine rings is 1. The molecule has 1 fully saturated rings. The summed E-state index contributed by atoms with van der Waals surface area (Å²) >= 11 is 5.75. The molecule has 1 aliphatic heterocycles. The third-order valence-corrected chi connectivity index (χ3v) is 5.99. The van der Waals surface area contributed by atoms with E-state index in [1.807, 2.05) is 30.3 Å². The number of benzene rings is 2. The number of nitrogens with one attached hydrogen (secondary N) is 1. The van der Waals surface area contributed by atoms with E-state index in [4.69, 9.17) is 26.8 Å². The molecule has 4 rings (SSSR count). The predicted molar refractivity (Wildman–Crippen MR) is 144 cm³/mol. The van der Waals surface area contributed by atoms with Crippen LogP contribution in [-0.2, 0) is 16.1 Å². The van der Waals surface area contributed by atoms with E-state index in [9.17, 15) is 9.59 Å². The number of hydrogen-bond acceptors (Lipinski definition) is 6. The zero-order valence-electron chi connectivity index (χ0n) is 20.9. The third kappa shape index (κ3) is 10.2. The van der Waals surface area contributed by atoms with E-state index >= 15 is 0 Å². The van der Waals surface area contributed by atoms with E-state index in [0.717, 1.165) is 31.5 Å². The summed E-state index contributed by atoms with van der Waals surface area (Å²) in [6.07, 6.45) is 4.07. The van der Waals surface area contributed by atoms with Gasteiger partial charge in [-0.15, -0.1) is 0 Å². The normalized spacial score (nSPS) is 13.8. The number of nitrogens with zero attached hydrogens (tertiary/aromatic N) is 2. The van der Waals surface area contributed by atoms with Crippen LogP contribution < -0.4 is 15.8 Å². The number of halogens is 1. The van der Waals surface area contributed by atoms with Gasteiger partial charge in [0, 0.05) is 23.7 Å². The largest absolute Gasteiger partial charge is 0.438 e. The quantitative estimate of drug-likeness (QED) is 0.401. The molecule has 0 bridgehead atoms. The zero-order chi connectivity index (χ0) is 26.5. The van der Waals surface area contributed by atoms with Gasteiger partial charge in [-0.1, -0.05) is 41.9 Å². The molecular weight excluding hydrogens is 492 g/mol. The molecular formula is C28H33ClN4O4. The molecule has 0 aliphatic carbocycles. The van der Waals surface area contributed by atoms with Crippen molar-refractivity contribution in [3.63, 3.8) is 0 Å². The molecule has 37 heavy (non-hydrogen) atoms. The lowest BCUT2D eigenvalue weighted by molar-refractivity contribution is -0.123. The second kappa shape index (κ2) is 14.9. The second-order valence-corrected chi connectivity index (χ2v) is 9.15. The molecule has 0 spiro atoms. The van der Waals surface area contributed by atoms with Crippen LogP contribution in [0.15, 0.2) is 72.9 Å². The number of nitrogens with two attached hydrogens (primary N) is 1. The Kier molecular flexibility index (Phi) is 11.4. The number of ether oxygens (including phenoxy) is 2. The maximum Gasteiger partial charge on any atom is 0.254 e. The molecule has 0 saturated carbocycles. The number of hydrogen-bond donors (Lipinski definition) is 2. The molecule has 2 aromatic carbocycles. The molecule has 2 heterocycles. The summed E-state index contributed by atoms with van der Waals surface area (Å²) in [5.74, 6) is 0.243. The fourth-order valence-electron chi connectivity index (χ4n) is 3.66. The molecule has 9 heteroatoms. The van der Waals surface area contributed by atoms with Crippen LogP contribution in [0.3, 0.4) is 0 Å². The van der Waals surface area contributed by atoms with Crippen LogP contribution in [0.5, 0.6) is 11.6 Å². The SMILES string of the molecule is CN1CCC(NC(=O)CCOCc2ccccc2)CC1.NC(=O)c1cccnc1Oc1ccc(Cl)cc1. The molecule has 2 amide bonds. The average Bonchev–Trinajstić information content (AvgIpc) is 2.90. The summed E-state index contributed by atoms with van der Waals surface area (Å²) in [4.78, 5) is 29.2. The van der Waals surface area contributed by atoms with Gasteiger partial charge in [0.25, 0.3) is 5.91 Å². The summed E-state index contributed by atoms with van der Waals surface area (Å²) in [7, 11) is 2.12. The molecule has 0 unspecified atom stereocenters. The van der Waals surface area contributed by atoms with Crippen LogP contribution in [0.25, 0.3) is 0 Å². The van der Waals surface area contributed by atoms with Gasteiger partial charge in [-0.2, -0.15) is 0 Å². The lowest BCUT2D eigenvalue weighted by Gasteiger charge is -2.29. The number of aromatic nitrogens is 1. The van der Waals surface area contributed by atoms with E-state index < -0.39 is 5.91 Å². The Hall–Kier alpha value is -3.46. The highest BCUT2D eigenvalue weighted by Gasteiger charge is 2.18. The van der Waals surface area contributed by atoms with Crippen molar-refractivity contribution in [1.82, 2.24) is 15.2 Å². The van der Waals surface area contributed by atoms with Gasteiger partial charge in [0.1, 0.15) is 11.3 Å². The molecule has 1 aromatic heterocycles. The fourth-order valence-corrected chi connectivity index (χ4v) is 3.78. The molecule has 1 saturated heterocycles. The Morgan fingerprint density at radius 1 is 1.05 bits per heavy atom. The van der Waals surface area contributed by atoms with Crippen molar-refractivity contribution in [2.75, 3.05) is 26.7 Å². The summed E-state index contributed by atoms with van der Waals surface area (Å²) in [6, 6.07) is 20.3. The maximum absolute atomic E-state index is 11.8. The first-order valence-electron chi connectivity index (χ1n) is 12.2. The number of primary amides is 1. The van der Waals surface area contributed by atoms with E-state index in [1.165, 1.54) is 6.20 Å². The molecule has 3 aromatic rings. The smallest absolute Gasteiger partial charge is 0.254 e. The maximum atomic E-state index is 11.8. The van der Waals surface area contributed by atoms with Gasteiger partial charge in [-0.3, -0.25) is 9.59 Å². The van der Waals surface area contributed by atoms with Gasteiger partial charge < -0.3 is 25.4 Å². The van der Waals surface area contributed by atoms with Crippen LogP contribution >= 0.6 is 11.6 Å². The van der Waals surface area contributed by atoms with Crippen molar-refractivity contribution >= 4 is 23.4 Å². The number of carbonyl (C=O) groups excluding carboxylic acids is 2. The molecule has 196 valence electrons. The summed E-state index contributed by atoms with van der Waals surface area (Å²) in [5.41, 5.74) is 6.59. The number of likely N-dealkylation sites (tertiary alicyclic amines) is 1. The number of amides is 2. The first-order chi connectivity index (χ1) is 17.9. The van der Waals surface area contributed by atoms with Gasteiger partial charge in [-0.05, 0) is 74.9 Å². The minimum Gasteiger partial charge on any atom is -0.438 e. The minimum absolute atomic E-state index is 0.104. The van der Waals surface area contributed by atoms with Gasteiger partial charge in [0.2, 0.25) is 11.8 Å². The molecule has 0 radical (unpaired) electrons. The topological polar surface area (TPSA) is 107 Å². The highest BCUT2D eigenvalue weighted by atomic mass is 35.5. The summed E-state index contributed by atoms with van der Waals surface area (Å²) in [5, 5.41) is 3.70. The standard InChI is InChI=1S/C16H24N2O2.C12H9ClN2O2/c1-18-10-7-15(8-11-18)17-16(19)9-12-20-13-14-5-3-2-4-6-14;13-8-3-5-9(6-4-8)17-12-10(11(14)16)2-1-7-15-12/h2-6,15H,7-13H2,1H3,(H,17,19);1-7H,(H2,14,16). The first kappa shape index (κ1) is 28.1. The van der Waals surface area contributed by atoms with E-state index in [0.29, 0.717) is 36.4 Å². The van der Waals surface area contributed by atoms with Crippen LogP contribution in [-0.4, -0.2) is 54.5 Å². The zero-order valence-corrected chi connectivity index (χ0v) is 21.7. The van der Waals surface area contributed by atoms with Gasteiger partial charge in [-0.25, -0.2) is 4.98 Å². The first-order valence-corrected chi connectivity index (χ1v) is 12.6. The van der Waals surface area contributed by atoms with Crippen molar-refractivity contribution in [1.29, 1.82) is 0 Å². The van der Waals surface area contributed by atoms with Crippen LogP contribution in [0, 0.1) is 0 Å². The van der Waals surface area contributed by atoms with Gasteiger partial charge in [0.05, 0.1) is 13.2 Å². The molecule has 3 N–H and O–H groups in total. The summed E-state index contributed by atoms with van der Waals surface area (Å²) < 4.78 is 11.0. The Bertz CT molecular complexity index is 1120. The predicted octanol–water partition coefficient (Wildman–Crippen LogP) is 4.43. The van der Waals surface area contributed by atoms with E-state index in [1.54, 1.807) is 36.4 Å². The van der Waals surface area contributed by atoms with Crippen LogP contribution in [0.4, 0.5) is 0 Å². The third-order valence-electron chi connectivity index (χ3n) is 5.73. The van der Waals surface area contributed by atoms with Gasteiger partial charge in [0.15, 0.2) is 0 Å². The lowest BCUT2D eigenvalue weighted by atomic mass is 10.1. The fraction of sp³-hybridized carbons (Fsp3) is 0.321. The van der Waals surface area contributed by atoms with Crippen molar-refractivity contribution in [2.45, 2.75) is 31.9 Å². The van der Waals surface area contributed by atoms with Crippen molar-refractivity contribution in [3.8, 4) is 11.6 Å². The van der Waals surface area contributed by atoms with Crippen molar-refractivity contribution in [3.05, 3.63) is 89.1 Å². The highest BCUT2D eigenvalue weighted by Crippen LogP contribution is 2.23.